The molecule has 1 atom stereocenters. The molecule has 1 unspecified atom stereocenters. The van der Waals surface area contributed by atoms with Crippen LogP contribution in [-0.2, 0) is 0 Å². The lowest BCUT2D eigenvalue weighted by atomic mass is 10.0. The molecule has 1 amide bonds. The Labute approximate surface area is 237 Å². The van der Waals surface area contributed by atoms with Gasteiger partial charge in [0.15, 0.2) is 0 Å². The van der Waals surface area contributed by atoms with Crippen molar-refractivity contribution in [2.24, 2.45) is 0 Å². The fraction of sp³-hybridized carbons (Fsp3) is 0.276. The van der Waals surface area contributed by atoms with Gasteiger partial charge in [-0.3, -0.25) is 9.69 Å². The summed E-state index contributed by atoms with van der Waals surface area (Å²) in [5, 5.41) is 9.76. The Bertz CT molecular complexity index is 1640. The summed E-state index contributed by atoms with van der Waals surface area (Å²) in [5.41, 5.74) is 4.48. The number of amides is 1. The molecule has 4 heterocycles. The largest absolute Gasteiger partial charge is 0.480 e. The van der Waals surface area contributed by atoms with Crippen molar-refractivity contribution in [3.63, 3.8) is 0 Å². The van der Waals surface area contributed by atoms with Crippen molar-refractivity contribution < 1.29 is 14.3 Å². The number of methoxy groups -OCH3 is 2. The molecule has 40 heavy (non-hydrogen) atoms. The van der Waals surface area contributed by atoms with Gasteiger partial charge in [0, 0.05) is 32.5 Å². The number of aromatic nitrogens is 4. The van der Waals surface area contributed by atoms with Crippen LogP contribution in [0.1, 0.15) is 53.1 Å². The number of benzene rings is 1. The summed E-state index contributed by atoms with van der Waals surface area (Å²) in [6, 6.07) is 12.3. The molecule has 0 saturated carbocycles. The van der Waals surface area contributed by atoms with E-state index in [0.717, 1.165) is 17.0 Å². The van der Waals surface area contributed by atoms with Gasteiger partial charge < -0.3 is 18.9 Å². The van der Waals surface area contributed by atoms with Crippen LogP contribution in [0.5, 0.6) is 11.8 Å². The first-order valence-electron chi connectivity index (χ1n) is 12.6. The third-order valence-electron chi connectivity index (χ3n) is 6.78. The van der Waals surface area contributed by atoms with E-state index in [1.807, 2.05) is 32.3 Å². The Balaban J connectivity index is 1.79. The number of hydrogen-bond donors (Lipinski definition) is 0. The zero-order chi connectivity index (χ0) is 28.7. The van der Waals surface area contributed by atoms with Crippen molar-refractivity contribution >= 4 is 29.1 Å². The number of hydrogen-bond acceptors (Lipinski definition) is 8. The van der Waals surface area contributed by atoms with Crippen molar-refractivity contribution in [2.45, 2.75) is 25.9 Å². The second kappa shape index (κ2) is 10.5. The first-order chi connectivity index (χ1) is 19.2. The molecule has 1 aromatic carbocycles. The quantitative estimate of drug-likeness (QED) is 0.302. The van der Waals surface area contributed by atoms with E-state index in [-0.39, 0.29) is 17.8 Å². The highest BCUT2D eigenvalue weighted by Gasteiger charge is 2.44. The van der Waals surface area contributed by atoms with Gasteiger partial charge in [-0.05, 0) is 43.7 Å². The molecule has 4 aromatic rings. The average molecular weight is 558 g/mol. The fourth-order valence-corrected chi connectivity index (χ4v) is 5.22. The third kappa shape index (κ3) is 4.38. The van der Waals surface area contributed by atoms with Gasteiger partial charge in [0.05, 0.1) is 53.4 Å². The van der Waals surface area contributed by atoms with E-state index in [1.165, 1.54) is 13.3 Å². The van der Waals surface area contributed by atoms with Crippen LogP contribution in [0.3, 0.4) is 0 Å². The van der Waals surface area contributed by atoms with Crippen LogP contribution in [0.2, 0.25) is 5.02 Å². The van der Waals surface area contributed by atoms with Crippen LogP contribution in [0.25, 0.3) is 11.3 Å². The van der Waals surface area contributed by atoms with Gasteiger partial charge in [0.1, 0.15) is 11.7 Å². The van der Waals surface area contributed by atoms with Gasteiger partial charge in [-0.1, -0.05) is 23.7 Å². The summed E-state index contributed by atoms with van der Waals surface area (Å²) >= 11 is 6.35. The van der Waals surface area contributed by atoms with E-state index in [9.17, 15) is 10.1 Å². The Morgan fingerprint density at radius 1 is 1.02 bits per heavy atom. The van der Waals surface area contributed by atoms with E-state index < -0.39 is 6.04 Å². The second-order valence-corrected chi connectivity index (χ2v) is 10.2. The van der Waals surface area contributed by atoms with Crippen molar-refractivity contribution in [3.8, 4) is 29.1 Å². The first kappa shape index (κ1) is 27.0. The van der Waals surface area contributed by atoms with Crippen molar-refractivity contribution in [1.82, 2.24) is 19.5 Å². The van der Waals surface area contributed by atoms with Crippen LogP contribution in [0.15, 0.2) is 48.8 Å². The van der Waals surface area contributed by atoms with E-state index in [0.29, 0.717) is 39.2 Å². The number of anilines is 2. The number of nitriles is 1. The molecule has 0 fully saturated rings. The highest BCUT2D eigenvalue weighted by atomic mass is 35.5. The van der Waals surface area contributed by atoms with Gasteiger partial charge in [-0.25, -0.2) is 9.97 Å². The molecule has 0 radical (unpaired) electrons. The zero-order valence-corrected chi connectivity index (χ0v) is 23.8. The number of carbonyl (C=O) groups excluding carboxylic acids is 1. The van der Waals surface area contributed by atoms with Gasteiger partial charge in [0.25, 0.3) is 5.91 Å². The van der Waals surface area contributed by atoms with Gasteiger partial charge in [-0.15, -0.1) is 0 Å². The number of fused-ring (bicyclic) bond motifs is 1. The molecule has 10 nitrogen and oxygen atoms in total. The highest BCUT2D eigenvalue weighted by molar-refractivity contribution is 6.31. The van der Waals surface area contributed by atoms with Crippen LogP contribution >= 0.6 is 11.6 Å². The first-order valence-corrected chi connectivity index (χ1v) is 12.9. The lowest BCUT2D eigenvalue weighted by molar-refractivity contribution is 0.0992. The normalized spacial score (nSPS) is 14.3. The summed E-state index contributed by atoms with van der Waals surface area (Å²) in [6.07, 6.45) is 3.19. The van der Waals surface area contributed by atoms with Gasteiger partial charge in [-0.2, -0.15) is 10.2 Å². The molecule has 1 aliphatic heterocycles. The molecular weight excluding hydrogens is 530 g/mol. The summed E-state index contributed by atoms with van der Waals surface area (Å²) < 4.78 is 13.3. The molecule has 0 N–H and O–H groups in total. The minimum atomic E-state index is -0.562. The van der Waals surface area contributed by atoms with Crippen molar-refractivity contribution in [2.75, 3.05) is 38.1 Å². The minimum Gasteiger partial charge on any atom is -0.480 e. The number of nitrogens with zero attached hydrogens (tertiary/aromatic N) is 7. The maximum absolute atomic E-state index is 14.3. The van der Waals surface area contributed by atoms with E-state index in [2.05, 4.69) is 39.4 Å². The number of ether oxygens (including phenoxy) is 2. The third-order valence-corrected chi connectivity index (χ3v) is 6.98. The van der Waals surface area contributed by atoms with E-state index >= 15 is 0 Å². The highest BCUT2D eigenvalue weighted by Crippen LogP contribution is 2.48. The predicted octanol–water partition coefficient (Wildman–Crippen LogP) is 5.28. The predicted molar refractivity (Wildman–Crippen MR) is 152 cm³/mol. The standard InChI is InChI=1S/C29H28ClN7O3/c1-16(2)36-22(21-15-33-29(35(3)4)34-26(21)39-5)12-20-25(36)24(18-9-7-17(13-31)8-10-18)37(28(20)38)23-11-19(30)14-32-27(23)40-6/h7-12,14-16,24H,1-6H3. The van der Waals surface area contributed by atoms with Gasteiger partial charge >= 0.3 is 0 Å². The minimum absolute atomic E-state index is 0.0509. The second-order valence-electron chi connectivity index (χ2n) is 9.77. The Kier molecular flexibility index (Phi) is 7.08. The zero-order valence-electron chi connectivity index (χ0n) is 23.0. The van der Waals surface area contributed by atoms with Crippen LogP contribution < -0.4 is 19.3 Å². The maximum atomic E-state index is 14.3. The molecular formula is C29H28ClN7O3. The fourth-order valence-electron chi connectivity index (χ4n) is 5.07. The topological polar surface area (TPSA) is 109 Å². The number of rotatable bonds is 7. The van der Waals surface area contributed by atoms with Crippen LogP contribution in [-0.4, -0.2) is 53.7 Å². The molecule has 11 heteroatoms. The molecule has 0 aliphatic carbocycles. The number of halogens is 1. The Morgan fingerprint density at radius 3 is 2.33 bits per heavy atom. The summed E-state index contributed by atoms with van der Waals surface area (Å²) in [7, 11) is 6.77. The Morgan fingerprint density at radius 2 is 1.73 bits per heavy atom. The molecule has 0 spiro atoms. The van der Waals surface area contributed by atoms with Crippen LogP contribution in [0.4, 0.5) is 11.6 Å². The summed E-state index contributed by atoms with van der Waals surface area (Å²) in [5.74, 6) is 0.940. The smallest absolute Gasteiger partial charge is 0.261 e. The van der Waals surface area contributed by atoms with Crippen molar-refractivity contribution in [3.05, 3.63) is 76.2 Å². The SMILES string of the molecule is COc1nc(N(C)C)ncc1-c1cc2c(n1C(C)C)C(c1ccc(C#N)cc1)N(c1cc(Cl)cnc1OC)C2=O. The van der Waals surface area contributed by atoms with E-state index in [4.69, 9.17) is 21.1 Å². The molecule has 1 aliphatic rings. The summed E-state index contributed by atoms with van der Waals surface area (Å²) in [6.45, 7) is 4.10. The summed E-state index contributed by atoms with van der Waals surface area (Å²) in [4.78, 5) is 31.1. The van der Waals surface area contributed by atoms with E-state index in [1.54, 1.807) is 41.3 Å². The molecule has 0 bridgehead atoms. The average Bonchev–Trinajstić information content (AvgIpc) is 3.47. The van der Waals surface area contributed by atoms with Crippen molar-refractivity contribution in [1.29, 1.82) is 5.26 Å². The van der Waals surface area contributed by atoms with Gasteiger partial charge in [0.2, 0.25) is 17.7 Å². The molecule has 3 aromatic heterocycles. The molecule has 5 rings (SSSR count). The molecule has 0 saturated heterocycles. The molecule has 204 valence electrons. The number of pyridine rings is 1. The monoisotopic (exact) mass is 557 g/mol. The number of carbonyl (C=O) groups is 1. The Hall–Kier alpha value is -4.62. The van der Waals surface area contributed by atoms with Crippen LogP contribution in [0, 0.1) is 11.3 Å². The maximum Gasteiger partial charge on any atom is 0.261 e. The lowest BCUT2D eigenvalue weighted by Crippen LogP contribution is -2.30. The lowest BCUT2D eigenvalue weighted by Gasteiger charge is -2.29.